The van der Waals surface area contributed by atoms with Crippen LogP contribution in [0.25, 0.3) is 0 Å². The molecule has 0 atom stereocenters. The van der Waals surface area contributed by atoms with Crippen LogP contribution in [0.15, 0.2) is 52.0 Å². The molecule has 0 saturated heterocycles. The van der Waals surface area contributed by atoms with Crippen molar-refractivity contribution in [3.63, 3.8) is 0 Å². The third kappa shape index (κ3) is 5.58. The lowest BCUT2D eigenvalue weighted by molar-refractivity contribution is -0.119. The standard InChI is InChI=1S/C17H18BrN3O3/c1-2-24-16-8-3-12(9-15(16)22)10-20-21-17(23)11-19-14-6-4-13(18)5-7-14/h3-10,19,22H,2,11H2,1H3,(H,21,23)/b20-10-. The second-order valence-electron chi connectivity index (χ2n) is 4.81. The fraction of sp³-hybridized carbons (Fsp3) is 0.176. The molecule has 0 aliphatic rings. The molecule has 0 radical (unpaired) electrons. The van der Waals surface area contributed by atoms with Crippen LogP contribution in [0.2, 0.25) is 0 Å². The molecule has 1 amide bonds. The molecule has 2 aromatic carbocycles. The van der Waals surface area contributed by atoms with Crippen LogP contribution >= 0.6 is 15.9 Å². The molecule has 0 fully saturated rings. The predicted molar refractivity (Wildman–Crippen MR) is 97.6 cm³/mol. The lowest BCUT2D eigenvalue weighted by atomic mass is 10.2. The molecule has 3 N–H and O–H groups in total. The molecule has 2 aromatic rings. The topological polar surface area (TPSA) is 83.0 Å². The largest absolute Gasteiger partial charge is 0.504 e. The molecule has 0 saturated carbocycles. The number of rotatable bonds is 7. The molecule has 0 aromatic heterocycles. The van der Waals surface area contributed by atoms with Crippen molar-refractivity contribution in [2.45, 2.75) is 6.92 Å². The Morgan fingerprint density at radius 1 is 1.29 bits per heavy atom. The van der Waals surface area contributed by atoms with Gasteiger partial charge in [0.2, 0.25) is 0 Å². The number of carbonyl (C=O) groups excluding carboxylic acids is 1. The summed E-state index contributed by atoms with van der Waals surface area (Å²) >= 11 is 3.35. The van der Waals surface area contributed by atoms with Crippen LogP contribution in [0.4, 0.5) is 5.69 Å². The lowest BCUT2D eigenvalue weighted by Crippen LogP contribution is -2.25. The highest BCUT2D eigenvalue weighted by molar-refractivity contribution is 9.10. The summed E-state index contributed by atoms with van der Waals surface area (Å²) in [6, 6.07) is 12.4. The number of phenols is 1. The average Bonchev–Trinajstić information content (AvgIpc) is 2.57. The number of nitrogens with zero attached hydrogens (tertiary/aromatic N) is 1. The van der Waals surface area contributed by atoms with Gasteiger partial charge in [0.1, 0.15) is 0 Å². The molecule has 6 nitrogen and oxygen atoms in total. The number of anilines is 1. The number of phenolic OH excluding ortho intramolecular Hbond substituents is 1. The van der Waals surface area contributed by atoms with E-state index in [4.69, 9.17) is 4.74 Å². The van der Waals surface area contributed by atoms with E-state index in [1.807, 2.05) is 31.2 Å². The zero-order valence-corrected chi connectivity index (χ0v) is 14.7. The Kier molecular flexibility index (Phi) is 6.62. The van der Waals surface area contributed by atoms with Crippen LogP contribution in [-0.2, 0) is 4.79 Å². The highest BCUT2D eigenvalue weighted by Crippen LogP contribution is 2.26. The molecule has 0 bridgehead atoms. The zero-order chi connectivity index (χ0) is 17.4. The molecule has 24 heavy (non-hydrogen) atoms. The smallest absolute Gasteiger partial charge is 0.259 e. The predicted octanol–water partition coefficient (Wildman–Crippen LogP) is 3.12. The van der Waals surface area contributed by atoms with Gasteiger partial charge < -0.3 is 15.2 Å². The number of hydrazone groups is 1. The van der Waals surface area contributed by atoms with Crippen LogP contribution in [0, 0.1) is 0 Å². The first-order valence-electron chi connectivity index (χ1n) is 7.35. The summed E-state index contributed by atoms with van der Waals surface area (Å²) in [6.45, 7) is 2.42. The molecule has 0 aliphatic carbocycles. The first-order chi connectivity index (χ1) is 11.6. The average molecular weight is 392 g/mol. The van der Waals surface area contributed by atoms with E-state index in [1.54, 1.807) is 12.1 Å². The first kappa shape index (κ1) is 17.8. The summed E-state index contributed by atoms with van der Waals surface area (Å²) in [4.78, 5) is 11.7. The van der Waals surface area contributed by atoms with E-state index in [0.717, 1.165) is 10.2 Å². The molecule has 126 valence electrons. The maximum absolute atomic E-state index is 11.7. The molecule has 0 spiro atoms. The van der Waals surface area contributed by atoms with Crippen molar-refractivity contribution in [3.8, 4) is 11.5 Å². The molecule has 0 heterocycles. The SMILES string of the molecule is CCOc1ccc(/C=N\NC(=O)CNc2ccc(Br)cc2)cc1O. The monoisotopic (exact) mass is 391 g/mol. The van der Waals surface area contributed by atoms with Gasteiger partial charge in [-0.1, -0.05) is 15.9 Å². The summed E-state index contributed by atoms with van der Waals surface area (Å²) < 4.78 is 6.21. The van der Waals surface area contributed by atoms with Crippen LogP contribution in [-0.4, -0.2) is 30.4 Å². The normalized spacial score (nSPS) is 10.6. The minimum atomic E-state index is -0.274. The second kappa shape index (κ2) is 8.93. The summed E-state index contributed by atoms with van der Waals surface area (Å²) in [5.41, 5.74) is 3.91. The Hall–Kier alpha value is -2.54. The van der Waals surface area contributed by atoms with Gasteiger partial charge in [-0.05, 0) is 55.0 Å². The third-order valence-electron chi connectivity index (χ3n) is 2.98. The number of hydrogen-bond donors (Lipinski definition) is 3. The number of aromatic hydroxyl groups is 1. The number of nitrogens with one attached hydrogen (secondary N) is 2. The van der Waals surface area contributed by atoms with Crippen LogP contribution in [0.3, 0.4) is 0 Å². The van der Waals surface area contributed by atoms with E-state index in [0.29, 0.717) is 17.9 Å². The highest BCUT2D eigenvalue weighted by atomic mass is 79.9. The van der Waals surface area contributed by atoms with Gasteiger partial charge in [-0.2, -0.15) is 5.10 Å². The van der Waals surface area contributed by atoms with Gasteiger partial charge >= 0.3 is 0 Å². The van der Waals surface area contributed by atoms with Gasteiger partial charge in [0.05, 0.1) is 19.4 Å². The Balaban J connectivity index is 1.81. The molecular weight excluding hydrogens is 374 g/mol. The maximum atomic E-state index is 11.7. The Morgan fingerprint density at radius 3 is 2.71 bits per heavy atom. The minimum absolute atomic E-state index is 0.0315. The van der Waals surface area contributed by atoms with Crippen molar-refractivity contribution in [3.05, 3.63) is 52.5 Å². The van der Waals surface area contributed by atoms with Crippen molar-refractivity contribution in [2.75, 3.05) is 18.5 Å². The van der Waals surface area contributed by atoms with Crippen molar-refractivity contribution in [2.24, 2.45) is 5.10 Å². The third-order valence-corrected chi connectivity index (χ3v) is 3.51. The fourth-order valence-electron chi connectivity index (χ4n) is 1.86. The van der Waals surface area contributed by atoms with Crippen molar-refractivity contribution in [1.29, 1.82) is 0 Å². The Labute approximate surface area is 148 Å². The van der Waals surface area contributed by atoms with Crippen molar-refractivity contribution < 1.29 is 14.6 Å². The van der Waals surface area contributed by atoms with E-state index < -0.39 is 0 Å². The second-order valence-corrected chi connectivity index (χ2v) is 5.73. The Morgan fingerprint density at radius 2 is 2.04 bits per heavy atom. The van der Waals surface area contributed by atoms with E-state index in [-0.39, 0.29) is 18.2 Å². The minimum Gasteiger partial charge on any atom is -0.504 e. The van der Waals surface area contributed by atoms with Crippen LogP contribution in [0.1, 0.15) is 12.5 Å². The number of carbonyl (C=O) groups is 1. The molecule has 0 unspecified atom stereocenters. The van der Waals surface area contributed by atoms with Crippen molar-refractivity contribution >= 4 is 33.7 Å². The van der Waals surface area contributed by atoms with Gasteiger partial charge in [0.25, 0.3) is 5.91 Å². The maximum Gasteiger partial charge on any atom is 0.259 e. The van der Waals surface area contributed by atoms with Gasteiger partial charge in [-0.3, -0.25) is 4.79 Å². The van der Waals surface area contributed by atoms with E-state index >= 15 is 0 Å². The van der Waals surface area contributed by atoms with E-state index in [2.05, 4.69) is 31.8 Å². The molecular formula is C17H18BrN3O3. The van der Waals surface area contributed by atoms with Gasteiger partial charge in [0, 0.05) is 10.2 Å². The summed E-state index contributed by atoms with van der Waals surface area (Å²) in [6.07, 6.45) is 1.45. The summed E-state index contributed by atoms with van der Waals surface area (Å²) in [7, 11) is 0. The van der Waals surface area contributed by atoms with E-state index in [9.17, 15) is 9.90 Å². The van der Waals surface area contributed by atoms with Gasteiger partial charge in [-0.25, -0.2) is 5.43 Å². The number of benzene rings is 2. The summed E-state index contributed by atoms with van der Waals surface area (Å²) in [5, 5.41) is 16.6. The van der Waals surface area contributed by atoms with Gasteiger partial charge in [-0.15, -0.1) is 0 Å². The van der Waals surface area contributed by atoms with Gasteiger partial charge in [0.15, 0.2) is 11.5 Å². The fourth-order valence-corrected chi connectivity index (χ4v) is 2.13. The number of amides is 1. The highest BCUT2D eigenvalue weighted by Gasteiger charge is 2.02. The van der Waals surface area contributed by atoms with Crippen LogP contribution < -0.4 is 15.5 Å². The lowest BCUT2D eigenvalue weighted by Gasteiger charge is -2.06. The Bertz CT molecular complexity index is 718. The zero-order valence-electron chi connectivity index (χ0n) is 13.1. The number of hydrogen-bond acceptors (Lipinski definition) is 5. The quantitative estimate of drug-likeness (QED) is 0.500. The number of ether oxygens (including phenoxy) is 1. The molecule has 2 rings (SSSR count). The van der Waals surface area contributed by atoms with Crippen molar-refractivity contribution in [1.82, 2.24) is 5.43 Å². The van der Waals surface area contributed by atoms with E-state index in [1.165, 1.54) is 12.3 Å². The number of halogens is 1. The molecule has 7 heteroatoms. The summed E-state index contributed by atoms with van der Waals surface area (Å²) in [5.74, 6) is 0.172. The first-order valence-corrected chi connectivity index (χ1v) is 8.15. The van der Waals surface area contributed by atoms with Crippen LogP contribution in [0.5, 0.6) is 11.5 Å². The molecule has 0 aliphatic heterocycles.